The number of hydrazine groups is 1. The van der Waals surface area contributed by atoms with Gasteiger partial charge in [-0.3, -0.25) is 5.01 Å². The number of rotatable bonds is 6. The molecule has 1 fully saturated rings. The van der Waals surface area contributed by atoms with E-state index in [1.54, 1.807) is 12.1 Å². The quantitative estimate of drug-likeness (QED) is 0.455. The lowest BCUT2D eigenvalue weighted by molar-refractivity contribution is -0.143. The predicted molar refractivity (Wildman–Crippen MR) is 99.2 cm³/mol. The second-order valence-corrected chi connectivity index (χ2v) is 5.69. The third-order valence-electron chi connectivity index (χ3n) is 3.70. The average Bonchev–Trinajstić information content (AvgIpc) is 3.04. The van der Waals surface area contributed by atoms with Gasteiger partial charge in [-0.1, -0.05) is 6.92 Å². The second kappa shape index (κ2) is 10.2. The number of halogens is 1. The molecule has 0 unspecified atom stereocenters. The van der Waals surface area contributed by atoms with E-state index in [-0.39, 0.29) is 18.1 Å². The Balaban J connectivity index is 0.000000324. The van der Waals surface area contributed by atoms with Gasteiger partial charge >= 0.3 is 0 Å². The zero-order valence-corrected chi connectivity index (χ0v) is 15.2. The van der Waals surface area contributed by atoms with Gasteiger partial charge in [0.05, 0.1) is 24.6 Å². The average molecular weight is 355 g/mol. The minimum atomic E-state index is -0.362. The lowest BCUT2D eigenvalue weighted by Crippen LogP contribution is -2.27. The van der Waals surface area contributed by atoms with Gasteiger partial charge in [0.1, 0.15) is 5.82 Å². The van der Waals surface area contributed by atoms with Crippen molar-refractivity contribution in [2.24, 2.45) is 17.3 Å². The summed E-state index contributed by atoms with van der Waals surface area (Å²) in [5, 5.41) is 4.14. The molecule has 0 aromatic heterocycles. The highest BCUT2D eigenvalue weighted by molar-refractivity contribution is 5.56. The molecule has 1 aromatic rings. The first kappa shape index (κ1) is 21.2. The highest BCUT2D eigenvalue weighted by Crippen LogP contribution is 2.21. The zero-order valence-electron chi connectivity index (χ0n) is 15.2. The number of hydrogen-bond donors (Lipinski definition) is 4. The number of benzene rings is 1. The van der Waals surface area contributed by atoms with Gasteiger partial charge in [0.25, 0.3) is 0 Å². The first-order valence-electron chi connectivity index (χ1n) is 8.36. The summed E-state index contributed by atoms with van der Waals surface area (Å²) >= 11 is 0. The molecule has 1 aliphatic heterocycles. The molecular formula is C17H30FN5O2. The molecule has 0 amide bonds. The first-order valence-corrected chi connectivity index (χ1v) is 8.36. The van der Waals surface area contributed by atoms with Crippen LogP contribution < -0.4 is 27.6 Å². The maximum absolute atomic E-state index is 13.6. The molecule has 0 atom stereocenters. The van der Waals surface area contributed by atoms with Gasteiger partial charge in [0, 0.05) is 31.1 Å². The van der Waals surface area contributed by atoms with Crippen LogP contribution in [0.5, 0.6) is 0 Å². The molecule has 0 saturated carbocycles. The summed E-state index contributed by atoms with van der Waals surface area (Å²) in [7, 11) is 0. The normalized spacial score (nSPS) is 16.2. The standard InChI is InChI=1S/C11H18FN5.C6H12O2/c1-2-16-11-4-3-9(5-10(11)12)17(15)7-8(14)6-13;1-3-6(2)7-4-5-8-6/h3-5,7,16H,2,6,13-15H2,1H3;3-5H2,1-2H3/b8-7-;. The molecule has 0 spiro atoms. The summed E-state index contributed by atoms with van der Waals surface area (Å²) in [6.07, 6.45) is 2.40. The molecular weight excluding hydrogens is 325 g/mol. The molecule has 1 aliphatic rings. The van der Waals surface area contributed by atoms with Crippen LogP contribution in [0.1, 0.15) is 27.2 Å². The van der Waals surface area contributed by atoms with Crippen molar-refractivity contribution in [2.75, 3.05) is 36.6 Å². The monoisotopic (exact) mass is 355 g/mol. The number of ether oxygens (including phenoxy) is 2. The van der Waals surface area contributed by atoms with Crippen LogP contribution in [0.3, 0.4) is 0 Å². The lowest BCUT2D eigenvalue weighted by Gasteiger charge is -2.18. The van der Waals surface area contributed by atoms with E-state index in [0.717, 1.165) is 19.6 Å². The smallest absolute Gasteiger partial charge is 0.165 e. The molecule has 1 heterocycles. The maximum Gasteiger partial charge on any atom is 0.165 e. The van der Waals surface area contributed by atoms with Gasteiger partial charge in [-0.25, -0.2) is 10.2 Å². The van der Waals surface area contributed by atoms with Crippen LogP contribution in [-0.2, 0) is 9.47 Å². The molecule has 7 nitrogen and oxygen atoms in total. The fourth-order valence-electron chi connectivity index (χ4n) is 2.07. The fourth-order valence-corrected chi connectivity index (χ4v) is 2.07. The molecule has 0 bridgehead atoms. The summed E-state index contributed by atoms with van der Waals surface area (Å²) in [6, 6.07) is 4.65. The van der Waals surface area contributed by atoms with Crippen molar-refractivity contribution < 1.29 is 13.9 Å². The van der Waals surface area contributed by atoms with Crippen molar-refractivity contribution in [2.45, 2.75) is 33.0 Å². The Labute approximate surface area is 148 Å². The Morgan fingerprint density at radius 3 is 2.44 bits per heavy atom. The Kier molecular flexibility index (Phi) is 8.64. The molecule has 1 saturated heterocycles. The number of nitrogens with zero attached hydrogens (tertiary/aromatic N) is 1. The number of nitrogens with one attached hydrogen (secondary N) is 1. The fraction of sp³-hybridized carbons (Fsp3) is 0.529. The van der Waals surface area contributed by atoms with Crippen LogP contribution in [0.2, 0.25) is 0 Å². The molecule has 0 aliphatic carbocycles. The topological polar surface area (TPSA) is 112 Å². The van der Waals surface area contributed by atoms with E-state index in [9.17, 15) is 4.39 Å². The minimum absolute atomic E-state index is 0.200. The Bertz CT molecular complexity index is 562. The van der Waals surface area contributed by atoms with Crippen LogP contribution in [0.4, 0.5) is 15.8 Å². The van der Waals surface area contributed by atoms with E-state index < -0.39 is 0 Å². The van der Waals surface area contributed by atoms with Gasteiger partial charge in [0.15, 0.2) is 5.79 Å². The first-order chi connectivity index (χ1) is 11.8. The van der Waals surface area contributed by atoms with E-state index >= 15 is 0 Å². The van der Waals surface area contributed by atoms with Crippen molar-refractivity contribution in [3.8, 4) is 0 Å². The summed E-state index contributed by atoms with van der Waals surface area (Å²) in [6.45, 7) is 8.29. The zero-order chi connectivity index (χ0) is 18.9. The van der Waals surface area contributed by atoms with Crippen molar-refractivity contribution in [1.29, 1.82) is 0 Å². The predicted octanol–water partition coefficient (Wildman–Crippen LogP) is 1.86. The number of nitrogens with two attached hydrogens (primary N) is 3. The molecule has 142 valence electrons. The molecule has 8 heteroatoms. The largest absolute Gasteiger partial charge is 0.400 e. The molecule has 7 N–H and O–H groups in total. The van der Waals surface area contributed by atoms with E-state index in [1.807, 2.05) is 13.8 Å². The Morgan fingerprint density at radius 1 is 1.36 bits per heavy atom. The van der Waals surface area contributed by atoms with Gasteiger partial charge in [0.2, 0.25) is 0 Å². The van der Waals surface area contributed by atoms with E-state index in [4.69, 9.17) is 26.8 Å². The molecule has 1 aromatic carbocycles. The number of hydrogen-bond acceptors (Lipinski definition) is 7. The van der Waals surface area contributed by atoms with Gasteiger partial charge in [-0.15, -0.1) is 0 Å². The SMILES string of the molecule is CCC1(C)OCCO1.CCNc1ccc(N(N)/C=C(\N)CN)cc1F. The lowest BCUT2D eigenvalue weighted by atomic mass is 10.2. The van der Waals surface area contributed by atoms with Gasteiger partial charge < -0.3 is 26.3 Å². The highest BCUT2D eigenvalue weighted by Gasteiger charge is 2.27. The van der Waals surface area contributed by atoms with Crippen LogP contribution in [0.15, 0.2) is 30.1 Å². The maximum atomic E-state index is 13.6. The van der Waals surface area contributed by atoms with Crippen LogP contribution in [0.25, 0.3) is 0 Å². The van der Waals surface area contributed by atoms with Crippen LogP contribution >= 0.6 is 0 Å². The van der Waals surface area contributed by atoms with Crippen molar-refractivity contribution in [3.05, 3.63) is 35.9 Å². The summed E-state index contributed by atoms with van der Waals surface area (Å²) in [4.78, 5) is 0. The van der Waals surface area contributed by atoms with Crippen LogP contribution in [0, 0.1) is 5.82 Å². The minimum Gasteiger partial charge on any atom is -0.400 e. The van der Waals surface area contributed by atoms with E-state index in [2.05, 4.69) is 12.2 Å². The van der Waals surface area contributed by atoms with Crippen molar-refractivity contribution in [3.63, 3.8) is 0 Å². The van der Waals surface area contributed by atoms with Crippen LogP contribution in [-0.4, -0.2) is 32.1 Å². The molecule has 0 radical (unpaired) electrons. The Morgan fingerprint density at radius 2 is 2.00 bits per heavy atom. The third-order valence-corrected chi connectivity index (χ3v) is 3.70. The second-order valence-electron chi connectivity index (χ2n) is 5.69. The third kappa shape index (κ3) is 6.87. The highest BCUT2D eigenvalue weighted by atomic mass is 19.1. The summed E-state index contributed by atoms with van der Waals surface area (Å²) < 4.78 is 24.1. The summed E-state index contributed by atoms with van der Waals surface area (Å²) in [5.41, 5.74) is 12.2. The molecule has 25 heavy (non-hydrogen) atoms. The summed E-state index contributed by atoms with van der Waals surface area (Å²) in [5.74, 6) is 5.07. The Hall–Kier alpha value is -1.87. The van der Waals surface area contributed by atoms with Crippen molar-refractivity contribution in [1.82, 2.24) is 0 Å². The van der Waals surface area contributed by atoms with Gasteiger partial charge in [-0.05, 0) is 32.4 Å². The van der Waals surface area contributed by atoms with Gasteiger partial charge in [-0.2, -0.15) is 0 Å². The number of anilines is 2. The van der Waals surface area contributed by atoms with Crippen molar-refractivity contribution >= 4 is 11.4 Å². The van der Waals surface area contributed by atoms with E-state index in [1.165, 1.54) is 17.3 Å². The van der Waals surface area contributed by atoms with E-state index in [0.29, 0.717) is 23.6 Å². The molecule has 2 rings (SSSR count).